The quantitative estimate of drug-likeness (QED) is 0.241. The summed E-state index contributed by atoms with van der Waals surface area (Å²) in [7, 11) is 3.41. The number of nitrogens with one attached hydrogen (secondary N) is 2. The number of hydrogen-bond acceptors (Lipinski definition) is 4. The summed E-state index contributed by atoms with van der Waals surface area (Å²) in [5.41, 5.74) is 1.30. The second-order valence-electron chi connectivity index (χ2n) is 6.52. The minimum absolute atomic E-state index is 0. The van der Waals surface area contributed by atoms with Crippen LogP contribution < -0.4 is 15.4 Å². The number of nitrogens with zero attached hydrogens (tertiary/aromatic N) is 2. The van der Waals surface area contributed by atoms with Crippen LogP contribution in [-0.4, -0.2) is 64.4 Å². The number of methoxy groups -OCH3 is 2. The smallest absolute Gasteiger partial charge is 0.191 e. The van der Waals surface area contributed by atoms with Gasteiger partial charge in [-0.05, 0) is 50.6 Å². The summed E-state index contributed by atoms with van der Waals surface area (Å²) in [5, 5.41) is 6.64. The molecule has 0 aliphatic carbocycles. The van der Waals surface area contributed by atoms with Crippen molar-refractivity contribution in [3.63, 3.8) is 0 Å². The molecule has 1 aliphatic heterocycles. The maximum atomic E-state index is 5.31. The minimum Gasteiger partial charge on any atom is -0.497 e. The molecule has 1 saturated heterocycles. The number of aliphatic imine (C=N–C) groups is 1. The lowest BCUT2D eigenvalue weighted by atomic mass is 10.0. The second-order valence-corrected chi connectivity index (χ2v) is 6.52. The van der Waals surface area contributed by atoms with Crippen LogP contribution in [0.15, 0.2) is 29.3 Å². The summed E-state index contributed by atoms with van der Waals surface area (Å²) in [6, 6.07) is 8.70. The zero-order chi connectivity index (χ0) is 18.6. The topological polar surface area (TPSA) is 58.1 Å². The first-order valence-electron chi connectivity index (χ1n) is 9.67. The number of guanidine groups is 1. The molecule has 27 heavy (non-hydrogen) atoms. The average Bonchev–Trinajstić information content (AvgIpc) is 2.69. The van der Waals surface area contributed by atoms with Crippen LogP contribution in [0.25, 0.3) is 0 Å². The lowest BCUT2D eigenvalue weighted by Gasteiger charge is -2.34. The van der Waals surface area contributed by atoms with Crippen LogP contribution in [0.4, 0.5) is 0 Å². The zero-order valence-electron chi connectivity index (χ0n) is 16.9. The number of ether oxygens (including phenoxy) is 2. The molecular weight excluding hydrogens is 455 g/mol. The highest BCUT2D eigenvalue weighted by atomic mass is 127. The standard InChI is InChI=1S/C20H34N4O2.HI/c1-4-21-20(22-12-15-25-2)23-16-19(24-13-6-5-7-14-24)17-8-10-18(26-3)11-9-17;/h8-11,19H,4-7,12-16H2,1-3H3,(H2,21,22,23);1H. The van der Waals surface area contributed by atoms with Gasteiger partial charge in [0.1, 0.15) is 5.75 Å². The molecular formula is C20H35IN4O2. The van der Waals surface area contributed by atoms with Crippen molar-refractivity contribution in [2.45, 2.75) is 32.2 Å². The van der Waals surface area contributed by atoms with Crippen molar-refractivity contribution in [2.24, 2.45) is 4.99 Å². The van der Waals surface area contributed by atoms with Crippen molar-refractivity contribution in [3.8, 4) is 5.75 Å². The van der Waals surface area contributed by atoms with Crippen molar-refractivity contribution >= 4 is 29.9 Å². The van der Waals surface area contributed by atoms with Crippen LogP contribution in [0.2, 0.25) is 0 Å². The summed E-state index contributed by atoms with van der Waals surface area (Å²) < 4.78 is 10.4. The molecule has 1 unspecified atom stereocenters. The van der Waals surface area contributed by atoms with Gasteiger partial charge in [-0.3, -0.25) is 9.89 Å². The molecule has 0 spiro atoms. The summed E-state index contributed by atoms with van der Waals surface area (Å²) in [6.07, 6.45) is 3.86. The Labute approximate surface area is 181 Å². The molecule has 1 atom stereocenters. The molecule has 0 aromatic heterocycles. The predicted octanol–water partition coefficient (Wildman–Crippen LogP) is 3.04. The van der Waals surface area contributed by atoms with E-state index in [4.69, 9.17) is 14.5 Å². The van der Waals surface area contributed by atoms with Crippen LogP contribution in [0.3, 0.4) is 0 Å². The minimum atomic E-state index is 0. The van der Waals surface area contributed by atoms with Gasteiger partial charge >= 0.3 is 0 Å². The van der Waals surface area contributed by atoms with Gasteiger partial charge in [-0.1, -0.05) is 18.6 Å². The monoisotopic (exact) mass is 490 g/mol. The van der Waals surface area contributed by atoms with Gasteiger partial charge in [0.2, 0.25) is 0 Å². The van der Waals surface area contributed by atoms with Crippen LogP contribution in [0, 0.1) is 0 Å². The molecule has 0 radical (unpaired) electrons. The van der Waals surface area contributed by atoms with Gasteiger partial charge in [0.15, 0.2) is 5.96 Å². The van der Waals surface area contributed by atoms with E-state index in [1.165, 1.54) is 24.8 Å². The van der Waals surface area contributed by atoms with E-state index in [-0.39, 0.29) is 24.0 Å². The molecule has 1 aromatic carbocycles. The van der Waals surface area contributed by atoms with Crippen LogP contribution in [0.5, 0.6) is 5.75 Å². The first kappa shape index (κ1) is 24.0. The third-order valence-corrected chi connectivity index (χ3v) is 4.70. The Morgan fingerprint density at radius 3 is 2.41 bits per heavy atom. The lowest BCUT2D eigenvalue weighted by molar-refractivity contribution is 0.167. The maximum absolute atomic E-state index is 5.31. The van der Waals surface area contributed by atoms with Gasteiger partial charge in [-0.2, -0.15) is 0 Å². The van der Waals surface area contributed by atoms with Crippen molar-refractivity contribution in [1.29, 1.82) is 0 Å². The molecule has 2 rings (SSSR count). The fourth-order valence-electron chi connectivity index (χ4n) is 3.28. The molecule has 1 aromatic rings. The Balaban J connectivity index is 0.00000364. The molecule has 2 N–H and O–H groups in total. The molecule has 7 heteroatoms. The Morgan fingerprint density at radius 2 is 1.81 bits per heavy atom. The number of piperidine rings is 1. The van der Waals surface area contributed by atoms with Gasteiger partial charge in [-0.25, -0.2) is 0 Å². The molecule has 1 fully saturated rings. The van der Waals surface area contributed by atoms with Crippen molar-refractivity contribution in [2.75, 3.05) is 53.6 Å². The van der Waals surface area contributed by atoms with Crippen LogP contribution in [-0.2, 0) is 4.74 Å². The van der Waals surface area contributed by atoms with Gasteiger partial charge in [0.25, 0.3) is 0 Å². The highest BCUT2D eigenvalue weighted by Crippen LogP contribution is 2.26. The number of rotatable bonds is 9. The molecule has 1 heterocycles. The number of halogens is 1. The van der Waals surface area contributed by atoms with E-state index in [1.807, 2.05) is 12.1 Å². The van der Waals surface area contributed by atoms with E-state index < -0.39 is 0 Å². The first-order chi connectivity index (χ1) is 12.8. The maximum Gasteiger partial charge on any atom is 0.191 e. The summed E-state index contributed by atoms with van der Waals surface area (Å²) in [5.74, 6) is 1.74. The van der Waals surface area contributed by atoms with Gasteiger partial charge in [0, 0.05) is 20.2 Å². The second kappa shape index (κ2) is 14.0. The third kappa shape index (κ3) is 8.23. The van der Waals surface area contributed by atoms with E-state index in [1.54, 1.807) is 14.2 Å². The van der Waals surface area contributed by atoms with Gasteiger partial charge < -0.3 is 20.1 Å². The summed E-state index contributed by atoms with van der Waals surface area (Å²) >= 11 is 0. The number of hydrogen-bond donors (Lipinski definition) is 2. The number of benzene rings is 1. The summed E-state index contributed by atoms with van der Waals surface area (Å²) in [4.78, 5) is 7.41. The molecule has 6 nitrogen and oxygen atoms in total. The van der Waals surface area contributed by atoms with E-state index >= 15 is 0 Å². The van der Waals surface area contributed by atoms with Crippen LogP contribution in [0.1, 0.15) is 37.8 Å². The number of likely N-dealkylation sites (tertiary alicyclic amines) is 1. The van der Waals surface area contributed by atoms with E-state index in [0.717, 1.165) is 44.4 Å². The Hall–Kier alpha value is -1.06. The highest BCUT2D eigenvalue weighted by Gasteiger charge is 2.22. The SMILES string of the molecule is CCNC(=NCC(c1ccc(OC)cc1)N1CCCCC1)NCCOC.I. The fourth-order valence-corrected chi connectivity index (χ4v) is 3.28. The molecule has 0 saturated carbocycles. The summed E-state index contributed by atoms with van der Waals surface area (Å²) in [6.45, 7) is 7.35. The van der Waals surface area contributed by atoms with E-state index in [0.29, 0.717) is 12.6 Å². The van der Waals surface area contributed by atoms with Gasteiger partial charge in [-0.15, -0.1) is 24.0 Å². The predicted molar refractivity (Wildman–Crippen MR) is 122 cm³/mol. The van der Waals surface area contributed by atoms with Crippen molar-refractivity contribution in [3.05, 3.63) is 29.8 Å². The molecule has 0 bridgehead atoms. The molecule has 1 aliphatic rings. The Kier molecular flexibility index (Phi) is 12.4. The van der Waals surface area contributed by atoms with E-state index in [2.05, 4.69) is 34.6 Å². The highest BCUT2D eigenvalue weighted by molar-refractivity contribution is 14.0. The average molecular weight is 490 g/mol. The van der Waals surface area contributed by atoms with Crippen molar-refractivity contribution < 1.29 is 9.47 Å². The van der Waals surface area contributed by atoms with Crippen LogP contribution >= 0.6 is 24.0 Å². The lowest BCUT2D eigenvalue weighted by Crippen LogP contribution is -2.40. The zero-order valence-corrected chi connectivity index (χ0v) is 19.2. The largest absolute Gasteiger partial charge is 0.497 e. The fraction of sp³-hybridized carbons (Fsp3) is 0.650. The first-order valence-corrected chi connectivity index (χ1v) is 9.67. The normalized spacial score (nSPS) is 16.3. The Morgan fingerprint density at radius 1 is 1.11 bits per heavy atom. The van der Waals surface area contributed by atoms with Crippen molar-refractivity contribution in [1.82, 2.24) is 15.5 Å². The van der Waals surface area contributed by atoms with E-state index in [9.17, 15) is 0 Å². The Bertz CT molecular complexity index is 533. The van der Waals surface area contributed by atoms with Gasteiger partial charge in [0.05, 0.1) is 26.3 Å². The molecule has 154 valence electrons. The third-order valence-electron chi connectivity index (χ3n) is 4.70. The molecule has 0 amide bonds.